The summed E-state index contributed by atoms with van der Waals surface area (Å²) in [6.07, 6.45) is 8.50. The lowest BCUT2D eigenvalue weighted by Gasteiger charge is -2.29. The summed E-state index contributed by atoms with van der Waals surface area (Å²) < 4.78 is 25.0. The topological polar surface area (TPSA) is 124 Å². The van der Waals surface area contributed by atoms with Crippen molar-refractivity contribution in [2.75, 3.05) is 0 Å². The molecule has 1 atom stereocenters. The van der Waals surface area contributed by atoms with Crippen LogP contribution in [-0.4, -0.2) is 53.0 Å². The summed E-state index contributed by atoms with van der Waals surface area (Å²) >= 11 is 1.63. The summed E-state index contributed by atoms with van der Waals surface area (Å²) in [6, 6.07) is 12.6. The number of hydrogen-bond acceptors (Lipinski definition) is 8. The average molecular weight is 730 g/mol. The molecule has 3 aliphatic rings. The zero-order valence-electron chi connectivity index (χ0n) is 29.3. The van der Waals surface area contributed by atoms with E-state index in [0.717, 1.165) is 69.6 Å². The van der Waals surface area contributed by atoms with E-state index in [0.29, 0.717) is 24.5 Å². The number of fused-ring (bicyclic) bond motifs is 4. The van der Waals surface area contributed by atoms with Crippen LogP contribution in [0.1, 0.15) is 93.0 Å². The van der Waals surface area contributed by atoms with Crippen LogP contribution in [0, 0.1) is 24.6 Å². The summed E-state index contributed by atoms with van der Waals surface area (Å²) in [6.45, 7) is 5.62. The van der Waals surface area contributed by atoms with Gasteiger partial charge in [-0.15, -0.1) is 21.5 Å². The van der Waals surface area contributed by atoms with Crippen molar-refractivity contribution in [2.45, 2.75) is 78.3 Å². The number of carbonyl (C=O) groups excluding carboxylic acids is 3. The molecule has 8 rings (SSSR count). The van der Waals surface area contributed by atoms with Crippen LogP contribution < -0.4 is 5.32 Å². The number of unbranched alkanes of at least 4 members (excludes halogenated alkanes) is 1. The number of aryl methyl sites for hydroxylation is 2. The number of thiophene rings is 1. The van der Waals surface area contributed by atoms with Crippen molar-refractivity contribution < 1.29 is 23.5 Å². The number of rotatable bonds is 8. The van der Waals surface area contributed by atoms with Crippen LogP contribution in [-0.2, 0) is 47.1 Å². The normalized spacial score (nSPS) is 16.8. The molecule has 6 heterocycles. The van der Waals surface area contributed by atoms with E-state index in [1.165, 1.54) is 16.5 Å². The predicted molar refractivity (Wildman–Crippen MR) is 195 cm³/mol. The van der Waals surface area contributed by atoms with Gasteiger partial charge in [0.25, 0.3) is 5.91 Å². The largest absolute Gasteiger partial charge is 0.369 e. The monoisotopic (exact) mass is 729 g/mol. The minimum absolute atomic E-state index is 0.00402. The summed E-state index contributed by atoms with van der Waals surface area (Å²) in [4.78, 5) is 44.3. The summed E-state index contributed by atoms with van der Waals surface area (Å²) in [5, 5.41) is 12.0. The highest BCUT2D eigenvalue weighted by Gasteiger charge is 2.41. The lowest BCUT2D eigenvalue weighted by Crippen LogP contribution is -2.52. The summed E-state index contributed by atoms with van der Waals surface area (Å²) in [5.74, 6) is 6.31. The lowest BCUT2D eigenvalue weighted by atomic mass is 9.96. The number of ether oxygens (including phenoxy) is 1. The van der Waals surface area contributed by atoms with E-state index in [-0.39, 0.29) is 30.9 Å². The van der Waals surface area contributed by atoms with Gasteiger partial charge in [0.05, 0.1) is 23.4 Å². The smallest absolute Gasteiger partial charge is 0.258 e. The SMILES string of the molecule is C/C(=C\CCCn1cnc(C#Cc2sc3c(c2Cc2ccccc2)COCc2nnc(C)n2-3)c1)c1ccc(F)c2c1CN(C1CCC(=O)NC1=O)C2=O. The highest BCUT2D eigenvalue weighted by atomic mass is 32.1. The van der Waals surface area contributed by atoms with Crippen LogP contribution in [0.5, 0.6) is 0 Å². The summed E-state index contributed by atoms with van der Waals surface area (Å²) in [7, 11) is 0. The van der Waals surface area contributed by atoms with Crippen molar-refractivity contribution in [1.29, 1.82) is 0 Å². The van der Waals surface area contributed by atoms with Crippen LogP contribution in [0.2, 0.25) is 0 Å². The molecule has 268 valence electrons. The molecule has 1 saturated heterocycles. The average Bonchev–Trinajstić information content (AvgIpc) is 3.90. The molecule has 11 nitrogen and oxygen atoms in total. The molecule has 0 bridgehead atoms. The van der Waals surface area contributed by atoms with Crippen molar-refractivity contribution in [1.82, 2.24) is 34.5 Å². The molecule has 3 aliphatic heterocycles. The molecule has 53 heavy (non-hydrogen) atoms. The molecule has 2 aromatic carbocycles. The van der Waals surface area contributed by atoms with E-state index in [1.807, 2.05) is 42.8 Å². The Labute approximate surface area is 309 Å². The van der Waals surface area contributed by atoms with Gasteiger partial charge in [0.2, 0.25) is 11.8 Å². The van der Waals surface area contributed by atoms with Crippen LogP contribution in [0.25, 0.3) is 10.6 Å². The number of carbonyl (C=O) groups is 3. The van der Waals surface area contributed by atoms with Gasteiger partial charge in [0, 0.05) is 31.3 Å². The second-order valence-corrected chi connectivity index (χ2v) is 14.5. The minimum atomic E-state index is -0.799. The molecule has 3 aromatic heterocycles. The van der Waals surface area contributed by atoms with Gasteiger partial charge < -0.3 is 14.2 Å². The van der Waals surface area contributed by atoms with E-state index in [9.17, 15) is 18.8 Å². The second kappa shape index (κ2) is 14.4. The number of nitrogens with one attached hydrogen (secondary N) is 1. The third-order valence-corrected chi connectivity index (χ3v) is 11.2. The number of amides is 3. The molecular weight excluding hydrogens is 694 g/mol. The van der Waals surface area contributed by atoms with Crippen LogP contribution >= 0.6 is 11.3 Å². The third-order valence-electron chi connectivity index (χ3n) is 9.98. The third kappa shape index (κ3) is 6.71. The van der Waals surface area contributed by atoms with Gasteiger partial charge in [-0.25, -0.2) is 9.37 Å². The van der Waals surface area contributed by atoms with Gasteiger partial charge in [-0.1, -0.05) is 42.5 Å². The number of piperidine rings is 1. The molecule has 13 heteroatoms. The number of halogens is 1. The first-order chi connectivity index (χ1) is 25.7. The molecule has 0 radical (unpaired) electrons. The number of aromatic nitrogens is 5. The standard InChI is InChI=1S/C40H36FN7O4S/c1-24(28-12-13-32(41)37-30(28)20-47(39(37)51)33-14-16-36(49)43-38(33)50)8-6-7-17-46-19-27(42-23-46)11-15-34-29(18-26-9-4-3-5-10-26)31-21-52-22-35-45-44-25(2)48(35)40(31)53-34/h3-5,8-10,12-13,19,23,33H,6-7,14,16-18,20-22H2,1-2H3,(H,43,49,50)/b24-8+. The molecule has 1 N–H and O–H groups in total. The van der Waals surface area contributed by atoms with Gasteiger partial charge in [0.1, 0.15) is 35.0 Å². The molecule has 1 unspecified atom stereocenters. The van der Waals surface area contributed by atoms with Gasteiger partial charge in [-0.05, 0) is 85.3 Å². The molecule has 5 aromatic rings. The fourth-order valence-corrected chi connectivity index (χ4v) is 8.53. The number of imide groups is 1. The number of allylic oxidation sites excluding steroid dienone is 2. The zero-order chi connectivity index (χ0) is 36.6. The summed E-state index contributed by atoms with van der Waals surface area (Å²) in [5.41, 5.74) is 6.42. The van der Waals surface area contributed by atoms with Crippen molar-refractivity contribution in [3.05, 3.63) is 122 Å². The Hall–Kier alpha value is -5.71. The molecule has 1 fully saturated rings. The van der Waals surface area contributed by atoms with Crippen molar-refractivity contribution in [3.8, 4) is 16.8 Å². The highest BCUT2D eigenvalue weighted by Crippen LogP contribution is 2.37. The fourth-order valence-electron chi connectivity index (χ4n) is 7.28. The number of hydrogen-bond donors (Lipinski definition) is 1. The van der Waals surface area contributed by atoms with Crippen LogP contribution in [0.3, 0.4) is 0 Å². The Morgan fingerprint density at radius 1 is 1.09 bits per heavy atom. The Morgan fingerprint density at radius 3 is 2.77 bits per heavy atom. The minimum Gasteiger partial charge on any atom is -0.369 e. The highest BCUT2D eigenvalue weighted by molar-refractivity contribution is 7.15. The first-order valence-electron chi connectivity index (χ1n) is 17.6. The first-order valence-corrected chi connectivity index (χ1v) is 18.4. The number of imidazole rings is 1. The zero-order valence-corrected chi connectivity index (χ0v) is 30.1. The van der Waals surface area contributed by atoms with E-state index >= 15 is 0 Å². The molecule has 0 spiro atoms. The Bertz CT molecular complexity index is 2360. The molecule has 0 saturated carbocycles. The number of benzene rings is 2. The van der Waals surface area contributed by atoms with Gasteiger partial charge in [-0.3, -0.25) is 24.3 Å². The van der Waals surface area contributed by atoms with Gasteiger partial charge in [0.15, 0.2) is 5.82 Å². The maximum absolute atomic E-state index is 14.9. The van der Waals surface area contributed by atoms with Crippen LogP contribution in [0.15, 0.2) is 61.1 Å². The molecule has 0 aliphatic carbocycles. The Kier molecular flexibility index (Phi) is 9.32. The van der Waals surface area contributed by atoms with E-state index < -0.39 is 23.7 Å². The van der Waals surface area contributed by atoms with Gasteiger partial charge in [-0.2, -0.15) is 0 Å². The molecule has 3 amide bonds. The lowest BCUT2D eigenvalue weighted by molar-refractivity contribution is -0.136. The van der Waals surface area contributed by atoms with E-state index in [1.54, 1.807) is 23.7 Å². The Morgan fingerprint density at radius 2 is 1.94 bits per heavy atom. The second-order valence-electron chi connectivity index (χ2n) is 13.5. The number of nitrogens with zero attached hydrogens (tertiary/aromatic N) is 6. The van der Waals surface area contributed by atoms with Crippen molar-refractivity contribution in [3.63, 3.8) is 0 Å². The van der Waals surface area contributed by atoms with E-state index in [4.69, 9.17) is 4.74 Å². The fraction of sp³-hybridized carbons (Fsp3) is 0.300. The maximum atomic E-state index is 14.9. The Balaban J connectivity index is 0.955. The predicted octanol–water partition coefficient (Wildman–Crippen LogP) is 5.64. The van der Waals surface area contributed by atoms with E-state index in [2.05, 4.69) is 55.1 Å². The van der Waals surface area contributed by atoms with Gasteiger partial charge >= 0.3 is 0 Å². The van der Waals surface area contributed by atoms with Crippen molar-refractivity contribution >= 4 is 34.6 Å². The first kappa shape index (κ1) is 34.4. The van der Waals surface area contributed by atoms with Crippen LogP contribution in [0.4, 0.5) is 4.39 Å². The quantitative estimate of drug-likeness (QED) is 0.125. The van der Waals surface area contributed by atoms with Crippen molar-refractivity contribution in [2.24, 2.45) is 0 Å². The molecular formula is C40H36FN7O4S. The maximum Gasteiger partial charge on any atom is 0.258 e.